The van der Waals surface area contributed by atoms with Crippen molar-refractivity contribution in [1.29, 1.82) is 0 Å². The minimum absolute atomic E-state index is 0.156. The van der Waals surface area contributed by atoms with E-state index in [0.717, 1.165) is 4.83 Å². The van der Waals surface area contributed by atoms with Crippen LogP contribution in [0.3, 0.4) is 0 Å². The molecule has 0 aromatic carbocycles. The summed E-state index contributed by atoms with van der Waals surface area (Å²) in [5, 5.41) is -13.6. The van der Waals surface area contributed by atoms with E-state index in [1.807, 2.05) is 0 Å². The molecule has 2 unspecified atom stereocenters. The topological polar surface area (TPSA) is 156 Å². The Bertz CT molecular complexity index is 1070. The average Bonchev–Trinajstić information content (AvgIpc) is 2.65. The monoisotopic (exact) mass is 562 g/mol. The molecule has 0 amide bonds. The van der Waals surface area contributed by atoms with E-state index in [1.165, 1.54) is 13.8 Å². The normalized spacial score (nSPS) is 20.7. The van der Waals surface area contributed by atoms with Crippen LogP contribution in [0.25, 0.3) is 0 Å². The lowest BCUT2D eigenvalue weighted by molar-refractivity contribution is -0.246. The van der Waals surface area contributed by atoms with Gasteiger partial charge < -0.3 is 9.47 Å². The molecule has 0 bridgehead atoms. The van der Waals surface area contributed by atoms with Crippen molar-refractivity contribution in [3.05, 3.63) is 24.3 Å². The highest BCUT2D eigenvalue weighted by atomic mass is 32.2. The van der Waals surface area contributed by atoms with Crippen LogP contribution in [0.2, 0.25) is 0 Å². The summed E-state index contributed by atoms with van der Waals surface area (Å²) in [5.74, 6) is -9.25. The lowest BCUT2D eigenvalue weighted by atomic mass is 10.1. The molecule has 0 spiro atoms. The molecule has 202 valence electrons. The number of piperidine rings is 1. The van der Waals surface area contributed by atoms with Crippen molar-refractivity contribution in [2.75, 3.05) is 13.1 Å². The molecule has 19 heteroatoms. The van der Waals surface area contributed by atoms with Gasteiger partial charge in [0.1, 0.15) is 12.2 Å². The maximum Gasteiger partial charge on any atom is 0.439 e. The van der Waals surface area contributed by atoms with Crippen LogP contribution < -0.4 is 4.83 Å². The first-order valence-corrected chi connectivity index (χ1v) is 12.0. The van der Waals surface area contributed by atoms with Crippen LogP contribution in [0.4, 0.5) is 26.3 Å². The summed E-state index contributed by atoms with van der Waals surface area (Å²) in [6.45, 7) is 7.32. The Morgan fingerprint density at radius 1 is 0.886 bits per heavy atom. The van der Waals surface area contributed by atoms with E-state index in [4.69, 9.17) is 14.0 Å². The maximum absolute atomic E-state index is 14.1. The molecule has 1 rings (SSSR count). The number of esters is 2. The zero-order valence-electron chi connectivity index (χ0n) is 17.9. The first kappa shape index (κ1) is 30.8. The molecule has 2 atom stereocenters. The molecule has 0 aromatic heterocycles. The highest BCUT2D eigenvalue weighted by molar-refractivity contribution is 7.90. The van der Waals surface area contributed by atoms with Crippen molar-refractivity contribution in [2.45, 2.75) is 48.9 Å². The molecular formula is C16H20F6N2O9S2. The summed E-state index contributed by atoms with van der Waals surface area (Å²) in [6, 6.07) is 0. The molecule has 35 heavy (non-hydrogen) atoms. The van der Waals surface area contributed by atoms with Crippen molar-refractivity contribution < 1.29 is 66.8 Å². The van der Waals surface area contributed by atoms with E-state index in [0.29, 0.717) is 0 Å². The standard InChI is InChI=1S/C16H20F6N2O9S2/c1-8(2)12(25)32-10-5-11(33-13(26)9(3)4)7-24(6-10)23-34(27,28)15(19,20)14(17,18)16(21,22)35(29,30)31/h10-11,23H,1,3,5-7H2,2,4H3,(H,29,30,31). The van der Waals surface area contributed by atoms with Gasteiger partial charge in [-0.3, -0.25) is 4.55 Å². The second-order valence-corrected chi connectivity index (χ2v) is 10.6. The van der Waals surface area contributed by atoms with Crippen LogP contribution >= 0.6 is 0 Å². The van der Waals surface area contributed by atoms with Gasteiger partial charge in [0.25, 0.3) is 10.0 Å². The van der Waals surface area contributed by atoms with Crippen molar-refractivity contribution in [1.82, 2.24) is 9.84 Å². The van der Waals surface area contributed by atoms with Crippen LogP contribution in [0.5, 0.6) is 0 Å². The summed E-state index contributed by atoms with van der Waals surface area (Å²) in [6.07, 6.45) is -3.15. The number of sulfonamides is 1. The van der Waals surface area contributed by atoms with Crippen molar-refractivity contribution in [2.24, 2.45) is 0 Å². The Kier molecular flexibility index (Phi) is 8.83. The minimum Gasteiger partial charge on any atom is -0.457 e. The molecular weight excluding hydrogens is 542 g/mol. The van der Waals surface area contributed by atoms with Gasteiger partial charge in [-0.1, -0.05) is 13.2 Å². The van der Waals surface area contributed by atoms with E-state index in [-0.39, 0.29) is 22.6 Å². The van der Waals surface area contributed by atoms with Gasteiger partial charge in [0.05, 0.1) is 13.1 Å². The van der Waals surface area contributed by atoms with Crippen molar-refractivity contribution in [3.63, 3.8) is 0 Å². The molecule has 1 fully saturated rings. The summed E-state index contributed by atoms with van der Waals surface area (Å²) in [5.41, 5.74) is -0.311. The molecule has 11 nitrogen and oxygen atoms in total. The van der Waals surface area contributed by atoms with E-state index in [2.05, 4.69) is 13.2 Å². The zero-order chi connectivity index (χ0) is 27.8. The number of hydrogen-bond donors (Lipinski definition) is 2. The SMILES string of the molecule is C=C(C)C(=O)OC1CC(OC(=O)C(=C)C)CN(NS(=O)(=O)C(F)(F)C(F)(F)C(F)(F)S(=O)(=O)O)C1. The Balaban J connectivity index is 3.31. The minimum atomic E-state index is -7.20. The van der Waals surface area contributed by atoms with Gasteiger partial charge in [0.2, 0.25) is 0 Å². The van der Waals surface area contributed by atoms with Crippen LogP contribution in [0.1, 0.15) is 20.3 Å². The van der Waals surface area contributed by atoms with E-state index >= 15 is 0 Å². The Morgan fingerprint density at radius 2 is 1.26 bits per heavy atom. The lowest BCUT2D eigenvalue weighted by Crippen LogP contribution is -2.65. The van der Waals surface area contributed by atoms with E-state index < -0.39 is 73.8 Å². The number of hydrazine groups is 1. The summed E-state index contributed by atoms with van der Waals surface area (Å²) < 4.78 is 146. The first-order chi connectivity index (χ1) is 15.5. The second kappa shape index (κ2) is 10.0. The third-order valence-corrected chi connectivity index (χ3v) is 6.59. The van der Waals surface area contributed by atoms with E-state index in [9.17, 15) is 52.8 Å². The first-order valence-electron chi connectivity index (χ1n) is 9.08. The van der Waals surface area contributed by atoms with Crippen molar-refractivity contribution >= 4 is 32.1 Å². The molecule has 1 aliphatic heterocycles. The number of rotatable bonds is 10. The predicted octanol–water partition coefficient (Wildman–Crippen LogP) is 1.21. The smallest absolute Gasteiger partial charge is 0.439 e. The third kappa shape index (κ3) is 6.32. The van der Waals surface area contributed by atoms with Gasteiger partial charge in [0, 0.05) is 17.6 Å². The average molecular weight is 562 g/mol. The molecule has 2 N–H and O–H groups in total. The number of carbonyl (C=O) groups excluding carboxylic acids is 2. The van der Waals surface area contributed by atoms with E-state index in [1.54, 1.807) is 0 Å². The Morgan fingerprint density at radius 3 is 1.57 bits per heavy atom. The highest BCUT2D eigenvalue weighted by Crippen LogP contribution is 2.50. The third-order valence-electron chi connectivity index (χ3n) is 4.26. The van der Waals surface area contributed by atoms with Gasteiger partial charge >= 0.3 is 38.5 Å². The number of ether oxygens (including phenoxy) is 2. The fourth-order valence-corrected chi connectivity index (χ4v) is 4.07. The van der Waals surface area contributed by atoms with Crippen LogP contribution in [0, 0.1) is 0 Å². The fourth-order valence-electron chi connectivity index (χ4n) is 2.49. The molecule has 1 heterocycles. The number of nitrogens with one attached hydrogen (secondary N) is 1. The Hall–Kier alpha value is -2.22. The van der Waals surface area contributed by atoms with Gasteiger partial charge in [0.15, 0.2) is 0 Å². The lowest BCUT2D eigenvalue weighted by Gasteiger charge is -2.38. The van der Waals surface area contributed by atoms with Crippen LogP contribution in [0.15, 0.2) is 24.3 Å². The largest absolute Gasteiger partial charge is 0.457 e. The number of alkyl halides is 6. The molecule has 0 aromatic rings. The summed E-state index contributed by atoms with van der Waals surface area (Å²) in [4.78, 5) is 24.4. The number of carbonyl (C=O) groups is 2. The molecule has 1 saturated heterocycles. The number of hydrogen-bond acceptors (Lipinski definition) is 9. The van der Waals surface area contributed by atoms with Gasteiger partial charge in [-0.25, -0.2) is 23.0 Å². The maximum atomic E-state index is 14.1. The van der Waals surface area contributed by atoms with Crippen molar-refractivity contribution in [3.8, 4) is 0 Å². The van der Waals surface area contributed by atoms with Gasteiger partial charge in [-0.2, -0.15) is 34.8 Å². The van der Waals surface area contributed by atoms with Crippen LogP contribution in [-0.4, -0.2) is 80.1 Å². The molecule has 0 aliphatic carbocycles. The number of nitrogens with zero attached hydrogens (tertiary/aromatic N) is 1. The number of halogens is 6. The quantitative estimate of drug-likeness (QED) is 0.172. The molecule has 0 saturated carbocycles. The van der Waals surface area contributed by atoms with Crippen LogP contribution in [-0.2, 0) is 39.2 Å². The predicted molar refractivity (Wildman–Crippen MR) is 104 cm³/mol. The van der Waals surface area contributed by atoms with Gasteiger partial charge in [-0.05, 0) is 13.8 Å². The van der Waals surface area contributed by atoms with Gasteiger partial charge in [-0.15, -0.1) is 4.83 Å². The zero-order valence-corrected chi connectivity index (χ0v) is 19.6. The molecule has 1 aliphatic rings. The summed E-state index contributed by atoms with van der Waals surface area (Å²) in [7, 11) is -14.1. The fraction of sp³-hybridized carbons (Fsp3) is 0.625. The Labute approximate surface area is 195 Å². The second-order valence-electron chi connectivity index (χ2n) is 7.43. The highest BCUT2D eigenvalue weighted by Gasteiger charge is 2.82. The summed E-state index contributed by atoms with van der Waals surface area (Å²) >= 11 is 0. The molecule has 0 radical (unpaired) electrons.